The van der Waals surface area contributed by atoms with E-state index in [9.17, 15) is 9.00 Å². The van der Waals surface area contributed by atoms with Crippen molar-refractivity contribution >= 4 is 21.6 Å². The molecule has 0 saturated heterocycles. The highest BCUT2D eigenvalue weighted by molar-refractivity contribution is 7.91. The standard InChI is InChI=1S/C23H29N3O3S/c1-23(2,29-3)17-10-12-18(13-11-17)30(24,28)26-22(27)25-21-19-8-4-6-15(19)14-16-7-5-9-20(16)21/h10-14H,4-9H2,1-3H3,(H3,24,25,26,27,28)/t30-/m0/s1. The maximum absolute atomic E-state index is 13.0. The molecule has 2 aliphatic rings. The number of methoxy groups -OCH3 is 1. The Labute approximate surface area is 178 Å². The molecule has 2 aromatic rings. The van der Waals surface area contributed by atoms with Gasteiger partial charge in [-0.1, -0.05) is 18.2 Å². The van der Waals surface area contributed by atoms with Crippen LogP contribution in [0.4, 0.5) is 10.5 Å². The normalized spacial score (nSPS) is 17.2. The summed E-state index contributed by atoms with van der Waals surface area (Å²) in [6, 6.07) is 8.54. The molecule has 0 unspecified atom stereocenters. The van der Waals surface area contributed by atoms with Gasteiger partial charge in [-0.2, -0.15) is 0 Å². The van der Waals surface area contributed by atoms with E-state index in [1.807, 2.05) is 13.8 Å². The van der Waals surface area contributed by atoms with Crippen LogP contribution in [0.3, 0.4) is 0 Å². The van der Waals surface area contributed by atoms with Gasteiger partial charge in [-0.05, 0) is 92.3 Å². The highest BCUT2D eigenvalue weighted by Crippen LogP contribution is 2.38. The van der Waals surface area contributed by atoms with Gasteiger partial charge in [0, 0.05) is 12.8 Å². The van der Waals surface area contributed by atoms with Crippen LogP contribution in [0.5, 0.6) is 0 Å². The van der Waals surface area contributed by atoms with Crippen LogP contribution in [0.1, 0.15) is 54.5 Å². The number of nitrogens with one attached hydrogen (secondary N) is 1. The van der Waals surface area contributed by atoms with Crippen LogP contribution in [0.25, 0.3) is 0 Å². The zero-order valence-corrected chi connectivity index (χ0v) is 18.6. The van der Waals surface area contributed by atoms with E-state index in [2.05, 4.69) is 15.7 Å². The molecule has 0 heterocycles. The molecular weight excluding hydrogens is 398 g/mol. The van der Waals surface area contributed by atoms with E-state index in [-0.39, 0.29) is 0 Å². The molecule has 2 amide bonds. The summed E-state index contributed by atoms with van der Waals surface area (Å²) in [5.41, 5.74) is 6.35. The summed E-state index contributed by atoms with van der Waals surface area (Å²) in [5.74, 6) is 0. The van der Waals surface area contributed by atoms with Crippen LogP contribution in [-0.4, -0.2) is 17.3 Å². The Kier molecular flexibility index (Phi) is 5.46. The molecule has 3 N–H and O–H groups in total. The minimum atomic E-state index is -3.35. The number of nitrogens with zero attached hydrogens (tertiary/aromatic N) is 1. The first kappa shape index (κ1) is 21.0. The minimum Gasteiger partial charge on any atom is -0.374 e. The first-order valence-corrected chi connectivity index (χ1v) is 12.0. The van der Waals surface area contributed by atoms with Gasteiger partial charge in [-0.3, -0.25) is 0 Å². The summed E-state index contributed by atoms with van der Waals surface area (Å²) in [6.45, 7) is 3.88. The summed E-state index contributed by atoms with van der Waals surface area (Å²) in [7, 11) is -1.72. The van der Waals surface area contributed by atoms with Crippen LogP contribution >= 0.6 is 0 Å². The minimum absolute atomic E-state index is 0.317. The van der Waals surface area contributed by atoms with Crippen LogP contribution in [0.15, 0.2) is 39.6 Å². The van der Waals surface area contributed by atoms with Crippen LogP contribution in [-0.2, 0) is 45.9 Å². The fraction of sp³-hybridized carbons (Fsp3) is 0.435. The smallest absolute Gasteiger partial charge is 0.354 e. The van der Waals surface area contributed by atoms with Crippen molar-refractivity contribution in [3.8, 4) is 0 Å². The fourth-order valence-electron chi connectivity index (χ4n) is 4.44. The zero-order valence-electron chi connectivity index (χ0n) is 17.8. The number of carbonyl (C=O) groups is 1. The van der Waals surface area contributed by atoms with E-state index in [0.29, 0.717) is 4.90 Å². The third kappa shape index (κ3) is 3.89. The number of amides is 2. The van der Waals surface area contributed by atoms with Gasteiger partial charge >= 0.3 is 6.03 Å². The third-order valence-electron chi connectivity index (χ3n) is 6.32. The van der Waals surface area contributed by atoms with Gasteiger partial charge in [0.1, 0.15) is 9.92 Å². The highest BCUT2D eigenvalue weighted by atomic mass is 32.2. The molecule has 1 atom stereocenters. The van der Waals surface area contributed by atoms with Gasteiger partial charge in [-0.15, -0.1) is 4.36 Å². The van der Waals surface area contributed by atoms with Crippen molar-refractivity contribution in [1.82, 2.24) is 0 Å². The molecule has 0 spiro atoms. The first-order valence-electron chi connectivity index (χ1n) is 10.4. The number of aryl methyl sites for hydroxylation is 2. The zero-order chi connectivity index (χ0) is 21.5. The molecule has 4 rings (SSSR count). The summed E-state index contributed by atoms with van der Waals surface area (Å²) < 4.78 is 22.3. The first-order chi connectivity index (χ1) is 14.2. The molecule has 0 aromatic heterocycles. The van der Waals surface area contributed by atoms with Gasteiger partial charge in [0.25, 0.3) is 0 Å². The molecule has 30 heavy (non-hydrogen) atoms. The van der Waals surface area contributed by atoms with Crippen molar-refractivity contribution < 1.29 is 13.7 Å². The number of benzene rings is 2. The molecule has 0 aliphatic heterocycles. The molecule has 160 valence electrons. The van der Waals surface area contributed by atoms with E-state index >= 15 is 0 Å². The fourth-order valence-corrected chi connectivity index (χ4v) is 5.37. The number of fused-ring (bicyclic) bond motifs is 2. The maximum atomic E-state index is 13.0. The van der Waals surface area contributed by atoms with E-state index in [4.69, 9.17) is 9.88 Å². The Hall–Kier alpha value is -2.22. The van der Waals surface area contributed by atoms with E-state index in [1.54, 1.807) is 31.4 Å². The number of nitrogens with two attached hydrogens (primary N) is 1. The van der Waals surface area contributed by atoms with Gasteiger partial charge in [-0.25, -0.2) is 14.1 Å². The molecule has 0 radical (unpaired) electrons. The van der Waals surface area contributed by atoms with Crippen molar-refractivity contribution in [2.24, 2.45) is 9.50 Å². The quantitative estimate of drug-likeness (QED) is 0.753. The number of carbonyl (C=O) groups excluding carboxylic acids is 1. The lowest BCUT2D eigenvalue weighted by Gasteiger charge is -2.23. The Balaban J connectivity index is 1.62. The predicted molar refractivity (Wildman–Crippen MR) is 119 cm³/mol. The molecule has 2 aromatic carbocycles. The summed E-state index contributed by atoms with van der Waals surface area (Å²) >= 11 is 0. The average molecular weight is 428 g/mol. The summed E-state index contributed by atoms with van der Waals surface area (Å²) in [6.07, 6.45) is 6.17. The Bertz CT molecular complexity index is 1080. The molecule has 0 fully saturated rings. The predicted octanol–water partition coefficient (Wildman–Crippen LogP) is 4.48. The third-order valence-corrected chi connectivity index (χ3v) is 7.71. The Morgan fingerprint density at radius 1 is 1.07 bits per heavy atom. The topological polar surface area (TPSA) is 93.8 Å². The molecular formula is C23H29N3O3S. The molecule has 2 aliphatic carbocycles. The van der Waals surface area contributed by atoms with Crippen LogP contribution in [0, 0.1) is 0 Å². The lowest BCUT2D eigenvalue weighted by atomic mass is 9.98. The number of anilines is 1. The van der Waals surface area contributed by atoms with Crippen molar-refractivity contribution in [2.75, 3.05) is 12.4 Å². The van der Waals surface area contributed by atoms with Crippen LogP contribution < -0.4 is 10.5 Å². The molecule has 6 nitrogen and oxygen atoms in total. The van der Waals surface area contributed by atoms with Crippen LogP contribution in [0.2, 0.25) is 0 Å². The van der Waals surface area contributed by atoms with Crippen molar-refractivity contribution in [1.29, 1.82) is 0 Å². The number of hydrogen-bond acceptors (Lipinski definition) is 3. The van der Waals surface area contributed by atoms with Crippen molar-refractivity contribution in [3.05, 3.63) is 58.1 Å². The number of urea groups is 1. The number of hydrogen-bond donors (Lipinski definition) is 2. The molecule has 0 bridgehead atoms. The van der Waals surface area contributed by atoms with E-state index in [1.165, 1.54) is 22.3 Å². The summed E-state index contributed by atoms with van der Waals surface area (Å²) in [5, 5.41) is 8.91. The second-order valence-corrected chi connectivity index (χ2v) is 10.4. The second kappa shape index (κ2) is 7.80. The van der Waals surface area contributed by atoms with Gasteiger partial charge in [0.05, 0.1) is 10.5 Å². The monoisotopic (exact) mass is 427 g/mol. The molecule has 7 heteroatoms. The van der Waals surface area contributed by atoms with Crippen molar-refractivity contribution in [3.63, 3.8) is 0 Å². The van der Waals surface area contributed by atoms with E-state index in [0.717, 1.165) is 49.8 Å². The van der Waals surface area contributed by atoms with Gasteiger partial charge in [0.15, 0.2) is 0 Å². The van der Waals surface area contributed by atoms with Crippen molar-refractivity contribution in [2.45, 2.75) is 62.9 Å². The second-order valence-electron chi connectivity index (χ2n) is 8.56. The average Bonchev–Trinajstić information content (AvgIpc) is 3.36. The Morgan fingerprint density at radius 2 is 1.63 bits per heavy atom. The lowest BCUT2D eigenvalue weighted by molar-refractivity contribution is 0.0192. The number of ether oxygens (including phenoxy) is 1. The van der Waals surface area contributed by atoms with Gasteiger partial charge in [0.2, 0.25) is 0 Å². The maximum Gasteiger partial charge on any atom is 0.354 e. The Morgan fingerprint density at radius 3 is 2.17 bits per heavy atom. The van der Waals surface area contributed by atoms with Gasteiger partial charge < -0.3 is 10.1 Å². The summed E-state index contributed by atoms with van der Waals surface area (Å²) in [4.78, 5) is 13.0. The number of rotatable bonds is 4. The largest absolute Gasteiger partial charge is 0.374 e. The highest BCUT2D eigenvalue weighted by Gasteiger charge is 2.25. The van der Waals surface area contributed by atoms with E-state index < -0.39 is 21.5 Å². The lowest BCUT2D eigenvalue weighted by Crippen LogP contribution is -2.21. The molecule has 0 saturated carbocycles. The SMILES string of the molecule is COC(C)(C)c1ccc([S@@](N)(=O)=NC(=O)Nc2c3c(cc4c2CCC4)CCC3)cc1.